The van der Waals surface area contributed by atoms with Gasteiger partial charge in [0.25, 0.3) is 0 Å². The number of rotatable bonds is 10. The lowest BCUT2D eigenvalue weighted by atomic mass is 9.64. The molecule has 2 fully saturated rings. The molecule has 0 spiro atoms. The van der Waals surface area contributed by atoms with E-state index in [1.807, 2.05) is 12.2 Å². The molecule has 0 bridgehead atoms. The molecule has 0 aromatic heterocycles. The van der Waals surface area contributed by atoms with Crippen LogP contribution in [0.1, 0.15) is 117 Å². The fourth-order valence-corrected chi connectivity index (χ4v) is 8.78. The first kappa shape index (κ1) is 35.9. The quantitative estimate of drug-likeness (QED) is 0.190. The van der Waals surface area contributed by atoms with E-state index in [0.717, 1.165) is 75.4 Å². The Morgan fingerprint density at radius 1 is 0.604 bits per heavy atom. The fourth-order valence-electron chi connectivity index (χ4n) is 8.78. The molecule has 6 atom stereocenters. The van der Waals surface area contributed by atoms with Gasteiger partial charge < -0.3 is 9.47 Å². The minimum atomic E-state index is -0.276. The maximum absolute atomic E-state index is 13.3. The molecule has 0 aliphatic heterocycles. The number of hydrogen-bond acceptors (Lipinski definition) is 4. The molecular weight excluding hydrogens is 592 g/mol. The van der Waals surface area contributed by atoms with E-state index in [1.165, 1.54) is 11.1 Å². The van der Waals surface area contributed by atoms with Gasteiger partial charge in [-0.25, -0.2) is 9.59 Å². The third-order valence-electron chi connectivity index (χ3n) is 11.9. The van der Waals surface area contributed by atoms with Gasteiger partial charge in [-0.15, -0.1) is 0 Å². The third-order valence-corrected chi connectivity index (χ3v) is 11.9. The lowest BCUT2D eigenvalue weighted by Crippen LogP contribution is -2.43. The normalized spacial score (nSPS) is 27.3. The summed E-state index contributed by atoms with van der Waals surface area (Å²) >= 11 is 0. The summed E-state index contributed by atoms with van der Waals surface area (Å²) in [5.74, 6) is 1.03. The summed E-state index contributed by atoms with van der Waals surface area (Å²) in [4.78, 5) is 26.6. The zero-order chi connectivity index (χ0) is 34.3. The Labute approximate surface area is 290 Å². The Hall–Kier alpha value is -3.40. The van der Waals surface area contributed by atoms with Crippen LogP contribution in [-0.2, 0) is 29.9 Å². The SMILES string of the molecule is C[C@@H]1CC[C@@H](C(C)(C)c2ccccc2)[C@H](OC(=O)/C=C/C2=C(/C=C/C(=O)O[C@@H]3C[C@H](C)CC[C@H]3C(C)(C)c3ccccc3)CCCC2)C1. The Morgan fingerprint density at radius 2 is 0.979 bits per heavy atom. The summed E-state index contributed by atoms with van der Waals surface area (Å²) in [5.41, 5.74) is 4.60. The van der Waals surface area contributed by atoms with Gasteiger partial charge in [0.05, 0.1) is 0 Å². The first-order chi connectivity index (χ1) is 22.9. The van der Waals surface area contributed by atoms with E-state index >= 15 is 0 Å². The summed E-state index contributed by atoms with van der Waals surface area (Å²) in [6.45, 7) is 13.7. The molecule has 2 aromatic carbocycles. The van der Waals surface area contributed by atoms with Crippen LogP contribution in [-0.4, -0.2) is 24.1 Å². The van der Waals surface area contributed by atoms with Gasteiger partial charge in [0.1, 0.15) is 12.2 Å². The highest BCUT2D eigenvalue weighted by Crippen LogP contribution is 2.45. The number of esters is 2. The van der Waals surface area contributed by atoms with E-state index < -0.39 is 0 Å². The number of carbonyl (C=O) groups is 2. The Kier molecular flexibility index (Phi) is 11.9. The molecule has 3 aliphatic rings. The molecule has 4 nitrogen and oxygen atoms in total. The van der Waals surface area contributed by atoms with Gasteiger partial charge in [0, 0.05) is 24.0 Å². The second-order valence-electron chi connectivity index (χ2n) is 16.1. The van der Waals surface area contributed by atoms with Crippen LogP contribution in [0.2, 0.25) is 0 Å². The van der Waals surface area contributed by atoms with Gasteiger partial charge in [-0.05, 0) is 96.3 Å². The largest absolute Gasteiger partial charge is 0.459 e. The van der Waals surface area contributed by atoms with E-state index in [2.05, 4.69) is 102 Å². The molecule has 4 heteroatoms. The number of carbonyl (C=O) groups excluding carboxylic acids is 2. The van der Waals surface area contributed by atoms with Crippen LogP contribution in [0.5, 0.6) is 0 Å². The summed E-state index contributed by atoms with van der Waals surface area (Å²) in [7, 11) is 0. The number of allylic oxidation sites excluding steroid dienone is 4. The van der Waals surface area contributed by atoms with Gasteiger partial charge in [-0.2, -0.15) is 0 Å². The molecule has 5 rings (SSSR count). The van der Waals surface area contributed by atoms with Crippen molar-refractivity contribution in [2.24, 2.45) is 23.7 Å². The first-order valence-electron chi connectivity index (χ1n) is 18.6. The van der Waals surface area contributed by atoms with E-state index in [1.54, 1.807) is 12.2 Å². The van der Waals surface area contributed by atoms with Crippen molar-refractivity contribution in [2.75, 3.05) is 0 Å². The summed E-state index contributed by atoms with van der Waals surface area (Å²) in [6, 6.07) is 21.2. The molecule has 48 heavy (non-hydrogen) atoms. The number of ether oxygens (including phenoxy) is 2. The van der Waals surface area contributed by atoms with Crippen molar-refractivity contribution in [3.05, 3.63) is 107 Å². The van der Waals surface area contributed by atoms with Crippen LogP contribution < -0.4 is 0 Å². The molecular formula is C44H58O4. The van der Waals surface area contributed by atoms with Crippen LogP contribution in [0.15, 0.2) is 96.1 Å². The van der Waals surface area contributed by atoms with Gasteiger partial charge in [0.2, 0.25) is 0 Å². The molecule has 2 saturated carbocycles. The molecule has 0 radical (unpaired) electrons. The molecule has 0 unspecified atom stereocenters. The lowest BCUT2D eigenvalue weighted by Gasteiger charge is -2.43. The lowest BCUT2D eigenvalue weighted by molar-refractivity contribution is -0.151. The summed E-state index contributed by atoms with van der Waals surface area (Å²) in [6.07, 6.45) is 16.9. The Balaban J connectivity index is 1.25. The smallest absolute Gasteiger partial charge is 0.331 e. The van der Waals surface area contributed by atoms with Crippen molar-refractivity contribution in [3.63, 3.8) is 0 Å². The molecule has 258 valence electrons. The zero-order valence-electron chi connectivity index (χ0n) is 30.3. The second-order valence-corrected chi connectivity index (χ2v) is 16.1. The van der Waals surface area contributed by atoms with Crippen molar-refractivity contribution >= 4 is 11.9 Å². The number of hydrogen-bond donors (Lipinski definition) is 0. The van der Waals surface area contributed by atoms with Crippen molar-refractivity contribution in [3.8, 4) is 0 Å². The average molecular weight is 651 g/mol. The molecule has 0 amide bonds. The molecule has 3 aliphatic carbocycles. The standard InChI is InChI=1S/C44H58O4/c1-31-21-25-37(43(3,4)35-17-9-7-10-18-35)39(29-31)47-41(45)27-23-33-15-13-14-16-34(33)24-28-42(46)48-40-30-32(2)22-26-38(40)44(5,6)36-19-11-8-12-20-36/h7-12,17-20,23-24,27-28,31-32,37-40H,13-16,21-22,25-26,29-30H2,1-6H3/b27-23+,28-24+/t31-,32-,37-,38-,39-,40-/m1/s1. The first-order valence-corrected chi connectivity index (χ1v) is 18.6. The van der Waals surface area contributed by atoms with Crippen LogP contribution in [0, 0.1) is 23.7 Å². The Bertz CT molecular complexity index is 1350. The highest BCUT2D eigenvalue weighted by Gasteiger charge is 2.43. The van der Waals surface area contributed by atoms with E-state index in [0.29, 0.717) is 11.8 Å². The topological polar surface area (TPSA) is 52.6 Å². The van der Waals surface area contributed by atoms with Crippen molar-refractivity contribution in [2.45, 2.75) is 129 Å². The summed E-state index contributed by atoms with van der Waals surface area (Å²) < 4.78 is 12.5. The summed E-state index contributed by atoms with van der Waals surface area (Å²) in [5, 5.41) is 0. The third kappa shape index (κ3) is 8.79. The molecule has 0 saturated heterocycles. The van der Waals surface area contributed by atoms with Crippen LogP contribution >= 0.6 is 0 Å². The van der Waals surface area contributed by atoms with Crippen molar-refractivity contribution in [1.29, 1.82) is 0 Å². The van der Waals surface area contributed by atoms with Crippen LogP contribution in [0.3, 0.4) is 0 Å². The minimum absolute atomic E-state index is 0.0957. The maximum atomic E-state index is 13.3. The van der Waals surface area contributed by atoms with E-state index in [-0.39, 0.29) is 46.8 Å². The fraction of sp³-hybridized carbons (Fsp3) is 0.545. The van der Waals surface area contributed by atoms with E-state index in [4.69, 9.17) is 9.47 Å². The highest BCUT2D eigenvalue weighted by atomic mass is 16.5. The Morgan fingerprint density at radius 3 is 1.35 bits per heavy atom. The average Bonchev–Trinajstić information content (AvgIpc) is 3.07. The van der Waals surface area contributed by atoms with Gasteiger partial charge in [-0.1, -0.05) is 127 Å². The van der Waals surface area contributed by atoms with Crippen molar-refractivity contribution < 1.29 is 19.1 Å². The van der Waals surface area contributed by atoms with Crippen LogP contribution in [0.4, 0.5) is 0 Å². The zero-order valence-corrected chi connectivity index (χ0v) is 30.3. The van der Waals surface area contributed by atoms with Gasteiger partial charge in [0.15, 0.2) is 0 Å². The monoisotopic (exact) mass is 650 g/mol. The van der Waals surface area contributed by atoms with Crippen LogP contribution in [0.25, 0.3) is 0 Å². The minimum Gasteiger partial charge on any atom is -0.459 e. The van der Waals surface area contributed by atoms with Crippen molar-refractivity contribution in [1.82, 2.24) is 0 Å². The van der Waals surface area contributed by atoms with Gasteiger partial charge >= 0.3 is 11.9 Å². The van der Waals surface area contributed by atoms with E-state index in [9.17, 15) is 9.59 Å². The predicted octanol–water partition coefficient (Wildman–Crippen LogP) is 10.6. The molecule has 0 N–H and O–H groups in total. The molecule has 0 heterocycles. The number of benzene rings is 2. The molecule has 2 aromatic rings. The van der Waals surface area contributed by atoms with Gasteiger partial charge in [-0.3, -0.25) is 0 Å². The predicted molar refractivity (Wildman–Crippen MR) is 195 cm³/mol. The second kappa shape index (κ2) is 15.9. The highest BCUT2D eigenvalue weighted by molar-refractivity contribution is 5.84. The maximum Gasteiger partial charge on any atom is 0.331 e.